The molecule has 0 bridgehead atoms. The average molecular weight is 321 g/mol. The minimum atomic E-state index is -2.65. The summed E-state index contributed by atoms with van der Waals surface area (Å²) in [6.45, 7) is 5.17. The van der Waals surface area contributed by atoms with Gasteiger partial charge in [0.05, 0.1) is 6.04 Å². The summed E-state index contributed by atoms with van der Waals surface area (Å²) in [5.74, 6) is 0. The van der Waals surface area contributed by atoms with E-state index in [1.165, 1.54) is 12.1 Å². The fourth-order valence-corrected chi connectivity index (χ4v) is 1.80. The number of carbonyl (C=O) groups is 1. The van der Waals surface area contributed by atoms with Crippen molar-refractivity contribution in [1.82, 2.24) is 0 Å². The number of halogens is 3. The second kappa shape index (κ2) is 7.04. The SMILES string of the molecule is CC(C)(C)OC(=O)Nc1ccc(Cl)cc1CC(N)C(F)F. The standard InChI is InChI=1S/C14H19ClF2N2O2/c1-14(2,3)21-13(20)19-11-5-4-9(15)6-8(11)7-10(18)12(16)17/h4-6,10,12H,7,18H2,1-3H3,(H,19,20). The zero-order valence-electron chi connectivity index (χ0n) is 12.1. The quantitative estimate of drug-likeness (QED) is 0.886. The van der Waals surface area contributed by atoms with E-state index >= 15 is 0 Å². The number of nitrogens with one attached hydrogen (secondary N) is 1. The number of amides is 1. The molecule has 0 radical (unpaired) electrons. The molecule has 1 aromatic carbocycles. The third-order valence-corrected chi connectivity index (χ3v) is 2.72. The molecule has 0 aliphatic rings. The maximum atomic E-state index is 12.6. The summed E-state index contributed by atoms with van der Waals surface area (Å²) in [6.07, 6.45) is -3.43. The van der Waals surface area contributed by atoms with Crippen molar-refractivity contribution in [2.75, 3.05) is 5.32 Å². The highest BCUT2D eigenvalue weighted by atomic mass is 35.5. The molecule has 0 spiro atoms. The lowest BCUT2D eigenvalue weighted by molar-refractivity contribution is 0.0636. The smallest absolute Gasteiger partial charge is 0.412 e. The van der Waals surface area contributed by atoms with Crippen molar-refractivity contribution in [1.29, 1.82) is 0 Å². The van der Waals surface area contributed by atoms with Crippen molar-refractivity contribution in [3.05, 3.63) is 28.8 Å². The topological polar surface area (TPSA) is 64.3 Å². The molecule has 118 valence electrons. The fourth-order valence-electron chi connectivity index (χ4n) is 1.61. The molecular formula is C14H19ClF2N2O2. The van der Waals surface area contributed by atoms with Crippen LogP contribution in [-0.2, 0) is 11.2 Å². The van der Waals surface area contributed by atoms with Gasteiger partial charge in [-0.1, -0.05) is 11.6 Å². The number of benzene rings is 1. The summed E-state index contributed by atoms with van der Waals surface area (Å²) >= 11 is 5.85. The van der Waals surface area contributed by atoms with Gasteiger partial charge in [-0.15, -0.1) is 0 Å². The van der Waals surface area contributed by atoms with Crippen LogP contribution in [0.3, 0.4) is 0 Å². The predicted octanol–water partition coefficient (Wildman–Crippen LogP) is 3.82. The number of ether oxygens (including phenoxy) is 1. The zero-order chi connectivity index (χ0) is 16.2. The summed E-state index contributed by atoms with van der Waals surface area (Å²) in [5.41, 5.74) is 5.49. The van der Waals surface area contributed by atoms with Crippen LogP contribution >= 0.6 is 11.6 Å². The van der Waals surface area contributed by atoms with Crippen LogP contribution < -0.4 is 11.1 Å². The molecule has 1 atom stereocenters. The van der Waals surface area contributed by atoms with Gasteiger partial charge in [0.15, 0.2) is 0 Å². The van der Waals surface area contributed by atoms with E-state index < -0.39 is 24.2 Å². The van der Waals surface area contributed by atoms with Gasteiger partial charge in [-0.25, -0.2) is 13.6 Å². The summed E-state index contributed by atoms with van der Waals surface area (Å²) in [6, 6.07) is 3.24. The Bertz CT molecular complexity index is 504. The van der Waals surface area contributed by atoms with Crippen molar-refractivity contribution < 1.29 is 18.3 Å². The summed E-state index contributed by atoms with van der Waals surface area (Å²) < 4.78 is 30.2. The summed E-state index contributed by atoms with van der Waals surface area (Å²) in [4.78, 5) is 11.7. The largest absolute Gasteiger partial charge is 0.444 e. The van der Waals surface area contributed by atoms with Gasteiger partial charge in [-0.2, -0.15) is 0 Å². The van der Waals surface area contributed by atoms with Crippen LogP contribution in [0.5, 0.6) is 0 Å². The molecule has 0 aliphatic carbocycles. The molecule has 21 heavy (non-hydrogen) atoms. The van der Waals surface area contributed by atoms with Crippen molar-refractivity contribution in [3.63, 3.8) is 0 Å². The van der Waals surface area contributed by atoms with E-state index in [-0.39, 0.29) is 6.42 Å². The van der Waals surface area contributed by atoms with E-state index in [0.717, 1.165) is 0 Å². The van der Waals surface area contributed by atoms with Gasteiger partial charge in [0.2, 0.25) is 0 Å². The molecule has 1 unspecified atom stereocenters. The van der Waals surface area contributed by atoms with Crippen LogP contribution in [0, 0.1) is 0 Å². The fraction of sp³-hybridized carbons (Fsp3) is 0.500. The van der Waals surface area contributed by atoms with E-state index in [1.807, 2.05) is 0 Å². The molecule has 1 rings (SSSR count). The number of nitrogens with two attached hydrogens (primary N) is 1. The third-order valence-electron chi connectivity index (χ3n) is 2.48. The maximum Gasteiger partial charge on any atom is 0.412 e. The molecule has 1 aromatic rings. The number of hydrogen-bond donors (Lipinski definition) is 2. The Morgan fingerprint density at radius 2 is 2.05 bits per heavy atom. The van der Waals surface area contributed by atoms with Crippen LogP contribution in [0.2, 0.25) is 5.02 Å². The molecule has 4 nitrogen and oxygen atoms in total. The Labute approximate surface area is 127 Å². The van der Waals surface area contributed by atoms with Crippen LogP contribution in [0.4, 0.5) is 19.3 Å². The average Bonchev–Trinajstić information content (AvgIpc) is 2.30. The Balaban J connectivity index is 2.89. The second-order valence-electron chi connectivity index (χ2n) is 5.63. The molecule has 3 N–H and O–H groups in total. The number of anilines is 1. The van der Waals surface area contributed by atoms with E-state index in [1.54, 1.807) is 26.8 Å². The molecule has 0 saturated heterocycles. The molecule has 0 aromatic heterocycles. The minimum absolute atomic E-state index is 0.108. The lowest BCUT2D eigenvalue weighted by Crippen LogP contribution is -2.32. The van der Waals surface area contributed by atoms with Crippen molar-refractivity contribution in [3.8, 4) is 0 Å². The van der Waals surface area contributed by atoms with Gasteiger partial charge in [0.25, 0.3) is 6.43 Å². The van der Waals surface area contributed by atoms with Gasteiger partial charge in [0, 0.05) is 10.7 Å². The van der Waals surface area contributed by atoms with E-state index in [2.05, 4.69) is 5.32 Å². The van der Waals surface area contributed by atoms with Gasteiger partial charge in [-0.3, -0.25) is 5.32 Å². The zero-order valence-corrected chi connectivity index (χ0v) is 12.9. The number of carbonyl (C=O) groups excluding carboxylic acids is 1. The maximum absolute atomic E-state index is 12.6. The Hall–Kier alpha value is -1.40. The van der Waals surface area contributed by atoms with E-state index in [4.69, 9.17) is 22.1 Å². The van der Waals surface area contributed by atoms with Crippen LogP contribution in [0.15, 0.2) is 18.2 Å². The van der Waals surface area contributed by atoms with Gasteiger partial charge in [0.1, 0.15) is 5.60 Å². The first kappa shape index (κ1) is 17.7. The molecule has 7 heteroatoms. The second-order valence-corrected chi connectivity index (χ2v) is 6.07. The minimum Gasteiger partial charge on any atom is -0.444 e. The van der Waals surface area contributed by atoms with Crippen molar-refractivity contribution in [2.45, 2.75) is 45.3 Å². The highest BCUT2D eigenvalue weighted by Crippen LogP contribution is 2.23. The molecule has 1 amide bonds. The number of rotatable bonds is 4. The molecule has 0 saturated carbocycles. The molecule has 0 fully saturated rings. The van der Waals surface area contributed by atoms with Crippen molar-refractivity contribution >= 4 is 23.4 Å². The van der Waals surface area contributed by atoms with Gasteiger partial charge in [-0.05, 0) is 51.0 Å². The first-order valence-corrected chi connectivity index (χ1v) is 6.78. The Morgan fingerprint density at radius 3 is 2.57 bits per heavy atom. The van der Waals surface area contributed by atoms with Crippen LogP contribution in [-0.4, -0.2) is 24.2 Å². The van der Waals surface area contributed by atoms with E-state index in [0.29, 0.717) is 16.3 Å². The van der Waals surface area contributed by atoms with E-state index in [9.17, 15) is 13.6 Å². The lowest BCUT2D eigenvalue weighted by atomic mass is 10.0. The van der Waals surface area contributed by atoms with Gasteiger partial charge >= 0.3 is 6.09 Å². The third kappa shape index (κ3) is 6.27. The highest BCUT2D eigenvalue weighted by molar-refractivity contribution is 6.30. The predicted molar refractivity (Wildman–Crippen MR) is 79.0 cm³/mol. The van der Waals surface area contributed by atoms with Crippen LogP contribution in [0.1, 0.15) is 26.3 Å². The highest BCUT2D eigenvalue weighted by Gasteiger charge is 2.20. The first-order valence-electron chi connectivity index (χ1n) is 6.40. The monoisotopic (exact) mass is 320 g/mol. The number of alkyl halides is 2. The van der Waals surface area contributed by atoms with Crippen LogP contribution in [0.25, 0.3) is 0 Å². The summed E-state index contributed by atoms with van der Waals surface area (Å²) in [5, 5.41) is 2.89. The molecule has 0 aliphatic heterocycles. The lowest BCUT2D eigenvalue weighted by Gasteiger charge is -2.21. The Morgan fingerprint density at radius 1 is 1.43 bits per heavy atom. The van der Waals surface area contributed by atoms with Crippen molar-refractivity contribution in [2.24, 2.45) is 5.73 Å². The van der Waals surface area contributed by atoms with Gasteiger partial charge < -0.3 is 10.5 Å². The molecular weight excluding hydrogens is 302 g/mol. The number of hydrogen-bond acceptors (Lipinski definition) is 3. The normalized spacial score (nSPS) is 13.1. The first-order chi connectivity index (χ1) is 9.58. The molecule has 0 heterocycles. The Kier molecular flexibility index (Phi) is 5.92. The summed E-state index contributed by atoms with van der Waals surface area (Å²) in [7, 11) is 0.